The van der Waals surface area contributed by atoms with Crippen molar-refractivity contribution in [2.75, 3.05) is 5.32 Å². The predicted molar refractivity (Wildman–Crippen MR) is 72.1 cm³/mol. The second-order valence-corrected chi connectivity index (χ2v) is 4.15. The SMILES string of the molecule is Cc1cccnc1CNc1ccc(CC#N)cc1. The normalized spacial score (nSPS) is 9.78. The number of aromatic nitrogens is 1. The summed E-state index contributed by atoms with van der Waals surface area (Å²) in [6, 6.07) is 14.1. The van der Waals surface area contributed by atoms with Gasteiger partial charge in [0.15, 0.2) is 0 Å². The van der Waals surface area contributed by atoms with Crippen molar-refractivity contribution in [1.82, 2.24) is 4.98 Å². The van der Waals surface area contributed by atoms with Crippen molar-refractivity contribution in [3.05, 3.63) is 59.4 Å². The highest BCUT2D eigenvalue weighted by Crippen LogP contribution is 2.12. The molecule has 0 radical (unpaired) electrons. The Balaban J connectivity index is 1.98. The number of pyridine rings is 1. The lowest BCUT2D eigenvalue weighted by Gasteiger charge is -2.08. The van der Waals surface area contributed by atoms with Crippen LogP contribution in [0.3, 0.4) is 0 Å². The summed E-state index contributed by atoms with van der Waals surface area (Å²) >= 11 is 0. The molecule has 0 amide bonds. The van der Waals surface area contributed by atoms with Crippen LogP contribution in [-0.4, -0.2) is 4.98 Å². The van der Waals surface area contributed by atoms with Crippen LogP contribution in [0.1, 0.15) is 16.8 Å². The van der Waals surface area contributed by atoms with E-state index in [9.17, 15) is 0 Å². The fraction of sp³-hybridized carbons (Fsp3) is 0.200. The molecule has 1 aromatic carbocycles. The van der Waals surface area contributed by atoms with Crippen LogP contribution in [0.15, 0.2) is 42.6 Å². The standard InChI is InChI=1S/C15H15N3/c1-12-3-2-10-17-15(12)11-18-14-6-4-13(5-7-14)8-9-16/h2-7,10,18H,8,11H2,1H3. The molecule has 2 aromatic rings. The zero-order chi connectivity index (χ0) is 12.8. The first-order valence-electron chi connectivity index (χ1n) is 5.90. The molecule has 3 nitrogen and oxygen atoms in total. The van der Waals surface area contributed by atoms with Gasteiger partial charge in [-0.05, 0) is 36.2 Å². The molecule has 0 aliphatic carbocycles. The van der Waals surface area contributed by atoms with Crippen molar-refractivity contribution >= 4 is 5.69 Å². The summed E-state index contributed by atoms with van der Waals surface area (Å²) in [5, 5.41) is 11.9. The summed E-state index contributed by atoms with van der Waals surface area (Å²) in [5.41, 5.74) is 4.32. The Labute approximate surface area is 107 Å². The van der Waals surface area contributed by atoms with Gasteiger partial charge in [-0.15, -0.1) is 0 Å². The second kappa shape index (κ2) is 5.83. The molecule has 0 atom stereocenters. The van der Waals surface area contributed by atoms with Gasteiger partial charge in [-0.3, -0.25) is 4.98 Å². The smallest absolute Gasteiger partial charge is 0.0669 e. The third-order valence-electron chi connectivity index (χ3n) is 2.81. The molecule has 0 aliphatic rings. The lowest BCUT2D eigenvalue weighted by molar-refractivity contribution is 1.02. The summed E-state index contributed by atoms with van der Waals surface area (Å²) in [5.74, 6) is 0. The molecule has 1 aromatic heterocycles. The van der Waals surface area contributed by atoms with Crippen molar-refractivity contribution < 1.29 is 0 Å². The number of nitriles is 1. The summed E-state index contributed by atoms with van der Waals surface area (Å²) < 4.78 is 0. The van der Waals surface area contributed by atoms with E-state index in [1.807, 2.05) is 30.3 Å². The number of nitrogens with one attached hydrogen (secondary N) is 1. The van der Waals surface area contributed by atoms with Gasteiger partial charge in [0.05, 0.1) is 24.7 Å². The zero-order valence-corrected chi connectivity index (χ0v) is 10.4. The van der Waals surface area contributed by atoms with E-state index in [1.165, 1.54) is 5.56 Å². The van der Waals surface area contributed by atoms with Gasteiger partial charge in [-0.2, -0.15) is 5.26 Å². The maximum atomic E-state index is 8.60. The molecular weight excluding hydrogens is 222 g/mol. The van der Waals surface area contributed by atoms with Crippen molar-refractivity contribution in [1.29, 1.82) is 5.26 Å². The predicted octanol–water partition coefficient (Wildman–Crippen LogP) is 3.07. The minimum Gasteiger partial charge on any atom is -0.379 e. The van der Waals surface area contributed by atoms with Crippen molar-refractivity contribution in [3.63, 3.8) is 0 Å². The highest BCUT2D eigenvalue weighted by molar-refractivity contribution is 5.45. The van der Waals surface area contributed by atoms with E-state index < -0.39 is 0 Å². The highest BCUT2D eigenvalue weighted by Gasteiger charge is 1.99. The highest BCUT2D eigenvalue weighted by atomic mass is 14.9. The van der Waals surface area contributed by atoms with Crippen LogP contribution in [0, 0.1) is 18.3 Å². The van der Waals surface area contributed by atoms with Gasteiger partial charge in [0.2, 0.25) is 0 Å². The summed E-state index contributed by atoms with van der Waals surface area (Å²) in [6.07, 6.45) is 2.26. The van der Waals surface area contributed by atoms with Gasteiger partial charge in [0, 0.05) is 11.9 Å². The number of rotatable bonds is 4. The minimum absolute atomic E-state index is 0.458. The maximum absolute atomic E-state index is 8.60. The number of hydrogen-bond donors (Lipinski definition) is 1. The average Bonchev–Trinajstić information content (AvgIpc) is 2.40. The first-order valence-corrected chi connectivity index (χ1v) is 5.90. The van der Waals surface area contributed by atoms with Crippen LogP contribution in [0.4, 0.5) is 5.69 Å². The summed E-state index contributed by atoms with van der Waals surface area (Å²) in [6.45, 7) is 2.77. The largest absolute Gasteiger partial charge is 0.379 e. The molecule has 2 rings (SSSR count). The topological polar surface area (TPSA) is 48.7 Å². The van der Waals surface area contributed by atoms with Crippen LogP contribution in [0.25, 0.3) is 0 Å². The van der Waals surface area contributed by atoms with E-state index in [1.54, 1.807) is 6.20 Å². The Morgan fingerprint density at radius 2 is 2.00 bits per heavy atom. The van der Waals surface area contributed by atoms with Crippen LogP contribution in [0.2, 0.25) is 0 Å². The van der Waals surface area contributed by atoms with Gasteiger partial charge in [0.1, 0.15) is 0 Å². The number of hydrogen-bond acceptors (Lipinski definition) is 3. The molecule has 1 heterocycles. The minimum atomic E-state index is 0.458. The van der Waals surface area contributed by atoms with Crippen LogP contribution in [0.5, 0.6) is 0 Å². The molecule has 0 bridgehead atoms. The number of anilines is 1. The first kappa shape index (κ1) is 12.1. The molecule has 3 heteroatoms. The van der Waals surface area contributed by atoms with E-state index in [2.05, 4.69) is 29.4 Å². The lowest BCUT2D eigenvalue weighted by atomic mass is 10.1. The zero-order valence-electron chi connectivity index (χ0n) is 10.4. The molecule has 0 fully saturated rings. The Morgan fingerprint density at radius 1 is 1.22 bits per heavy atom. The molecule has 1 N–H and O–H groups in total. The molecule has 0 aliphatic heterocycles. The lowest BCUT2D eigenvalue weighted by Crippen LogP contribution is -2.03. The van der Waals surface area contributed by atoms with Crippen molar-refractivity contribution in [3.8, 4) is 6.07 Å². The molecule has 18 heavy (non-hydrogen) atoms. The van der Waals surface area contributed by atoms with E-state index >= 15 is 0 Å². The summed E-state index contributed by atoms with van der Waals surface area (Å²) in [4.78, 5) is 4.33. The first-order chi connectivity index (χ1) is 8.79. The molecular formula is C15H15N3. The molecule has 0 saturated heterocycles. The Kier molecular flexibility index (Phi) is 3.93. The van der Waals surface area contributed by atoms with E-state index in [-0.39, 0.29) is 0 Å². The van der Waals surface area contributed by atoms with E-state index in [0.717, 1.165) is 16.9 Å². The quantitative estimate of drug-likeness (QED) is 0.889. The third kappa shape index (κ3) is 3.08. The van der Waals surface area contributed by atoms with Crippen LogP contribution >= 0.6 is 0 Å². The molecule has 90 valence electrons. The average molecular weight is 237 g/mol. The Morgan fingerprint density at radius 3 is 2.67 bits per heavy atom. The fourth-order valence-corrected chi connectivity index (χ4v) is 1.72. The molecule has 0 spiro atoms. The van der Waals surface area contributed by atoms with Crippen molar-refractivity contribution in [2.24, 2.45) is 0 Å². The molecule has 0 unspecified atom stereocenters. The molecule has 0 saturated carbocycles. The Bertz CT molecular complexity index is 553. The monoisotopic (exact) mass is 237 g/mol. The van der Waals surface area contributed by atoms with E-state index in [0.29, 0.717) is 13.0 Å². The summed E-state index contributed by atoms with van der Waals surface area (Å²) in [7, 11) is 0. The van der Waals surface area contributed by atoms with Gasteiger partial charge < -0.3 is 5.32 Å². The van der Waals surface area contributed by atoms with Gasteiger partial charge in [0.25, 0.3) is 0 Å². The maximum Gasteiger partial charge on any atom is 0.0669 e. The van der Waals surface area contributed by atoms with Gasteiger partial charge in [-0.25, -0.2) is 0 Å². The number of nitrogens with zero attached hydrogens (tertiary/aromatic N) is 2. The Hall–Kier alpha value is -2.34. The third-order valence-corrected chi connectivity index (χ3v) is 2.81. The second-order valence-electron chi connectivity index (χ2n) is 4.15. The number of aryl methyl sites for hydroxylation is 1. The van der Waals surface area contributed by atoms with Gasteiger partial charge in [-0.1, -0.05) is 18.2 Å². The van der Waals surface area contributed by atoms with Crippen LogP contribution in [-0.2, 0) is 13.0 Å². The van der Waals surface area contributed by atoms with E-state index in [4.69, 9.17) is 5.26 Å². The van der Waals surface area contributed by atoms with Crippen LogP contribution < -0.4 is 5.32 Å². The van der Waals surface area contributed by atoms with Crippen molar-refractivity contribution in [2.45, 2.75) is 19.9 Å². The number of benzene rings is 1. The van der Waals surface area contributed by atoms with Gasteiger partial charge >= 0.3 is 0 Å². The fourth-order valence-electron chi connectivity index (χ4n) is 1.72.